The minimum atomic E-state index is -0.836. The van der Waals surface area contributed by atoms with Gasteiger partial charge in [0, 0.05) is 11.2 Å². The van der Waals surface area contributed by atoms with Gasteiger partial charge in [-0.1, -0.05) is 75.5 Å². The summed E-state index contributed by atoms with van der Waals surface area (Å²) in [5.74, 6) is 5.37. The molecule has 0 spiro atoms. The molecule has 2 aromatic carbocycles. The van der Waals surface area contributed by atoms with Crippen LogP contribution in [0.15, 0.2) is 48.5 Å². The third-order valence-corrected chi connectivity index (χ3v) is 8.21. The molecule has 0 heterocycles. The number of allylic oxidation sites excluding steroid dienone is 1. The van der Waals surface area contributed by atoms with Gasteiger partial charge in [0.2, 0.25) is 0 Å². The Bertz CT molecular complexity index is 1020. The molecule has 0 radical (unpaired) electrons. The molecule has 2 aromatic rings. The third-order valence-electron chi connectivity index (χ3n) is 7.31. The van der Waals surface area contributed by atoms with E-state index in [1.54, 1.807) is 6.92 Å². The van der Waals surface area contributed by atoms with E-state index in [2.05, 4.69) is 93.7 Å². The first kappa shape index (κ1) is 29.4. The smallest absolute Gasteiger partial charge is 0.103 e. The molecule has 0 aliphatic carbocycles. The molecule has 0 saturated heterocycles. The Kier molecular flexibility index (Phi) is 10.8. The fourth-order valence-corrected chi connectivity index (χ4v) is 5.43. The van der Waals surface area contributed by atoms with Crippen molar-refractivity contribution in [2.75, 3.05) is 12.0 Å². The van der Waals surface area contributed by atoms with Crippen LogP contribution in [0.25, 0.3) is 5.70 Å². The fourth-order valence-electron chi connectivity index (χ4n) is 4.64. The number of benzene rings is 2. The molecule has 0 aliphatic rings. The van der Waals surface area contributed by atoms with E-state index < -0.39 is 6.17 Å². The zero-order valence-corrected chi connectivity index (χ0v) is 24.2. The zero-order valence-electron chi connectivity index (χ0n) is 23.4. The number of alkyl halides is 1. The number of halogens is 1. The number of nitrogens with one attached hydrogen (secondary N) is 1. The molecule has 0 aromatic heterocycles. The van der Waals surface area contributed by atoms with E-state index in [1.165, 1.54) is 33.5 Å². The molecule has 1 nitrogen and oxygen atoms in total. The molecule has 0 amide bonds. The highest BCUT2D eigenvalue weighted by molar-refractivity contribution is 8.13. The molecule has 194 valence electrons. The van der Waals surface area contributed by atoms with Gasteiger partial charge in [-0.3, -0.25) is 0 Å². The molecule has 1 N–H and O–H groups in total. The van der Waals surface area contributed by atoms with E-state index in [0.29, 0.717) is 0 Å². The average molecular weight is 498 g/mol. The van der Waals surface area contributed by atoms with Gasteiger partial charge in [0.15, 0.2) is 0 Å². The van der Waals surface area contributed by atoms with Crippen molar-refractivity contribution in [2.45, 2.75) is 92.3 Å². The summed E-state index contributed by atoms with van der Waals surface area (Å²) in [7, 11) is 0.209. The van der Waals surface area contributed by atoms with Crippen LogP contribution in [0, 0.1) is 12.3 Å². The first-order chi connectivity index (χ1) is 16.4. The molecule has 3 atom stereocenters. The normalized spacial score (nSPS) is 16.0. The Morgan fingerprint density at radius 3 is 2.37 bits per heavy atom. The fraction of sp³-hybridized carbons (Fsp3) is 0.531. The van der Waals surface area contributed by atoms with Gasteiger partial charge < -0.3 is 5.32 Å². The highest BCUT2D eigenvalue weighted by Gasteiger charge is 2.26. The van der Waals surface area contributed by atoms with Crippen LogP contribution in [-0.2, 0) is 12.8 Å². The lowest BCUT2D eigenvalue weighted by molar-refractivity contribution is 0.160. The van der Waals surface area contributed by atoms with Crippen molar-refractivity contribution in [3.8, 4) is 0 Å². The van der Waals surface area contributed by atoms with Crippen LogP contribution in [0.2, 0.25) is 0 Å². The van der Waals surface area contributed by atoms with Gasteiger partial charge in [-0.2, -0.15) is 10.5 Å². The molecule has 0 aliphatic heterocycles. The quantitative estimate of drug-likeness (QED) is 0.273. The summed E-state index contributed by atoms with van der Waals surface area (Å²) in [6.07, 6.45) is 8.67. The Balaban J connectivity index is 2.20. The van der Waals surface area contributed by atoms with Crippen molar-refractivity contribution < 1.29 is 4.39 Å². The number of hydrogen-bond donors (Lipinski definition) is 1. The van der Waals surface area contributed by atoms with Gasteiger partial charge in [-0.05, 0) is 105 Å². The maximum atomic E-state index is 14.0. The predicted octanol–water partition coefficient (Wildman–Crippen LogP) is 8.74. The van der Waals surface area contributed by atoms with Crippen LogP contribution < -0.4 is 5.32 Å². The maximum absolute atomic E-state index is 14.0. The summed E-state index contributed by atoms with van der Waals surface area (Å²) in [6.45, 7) is 14.6. The Labute approximate surface area is 217 Å². The van der Waals surface area contributed by atoms with E-state index in [9.17, 15) is 4.39 Å². The second kappa shape index (κ2) is 12.9. The van der Waals surface area contributed by atoms with Crippen LogP contribution in [0.5, 0.6) is 0 Å². The Morgan fingerprint density at radius 2 is 1.80 bits per heavy atom. The third kappa shape index (κ3) is 8.94. The van der Waals surface area contributed by atoms with Gasteiger partial charge >= 0.3 is 0 Å². The summed E-state index contributed by atoms with van der Waals surface area (Å²) in [5, 5.41) is 3.89. The van der Waals surface area contributed by atoms with Gasteiger partial charge in [0.05, 0.1) is 0 Å². The maximum Gasteiger partial charge on any atom is 0.103 e. The monoisotopic (exact) mass is 497 g/mol. The molecule has 0 saturated carbocycles. The summed E-state index contributed by atoms with van der Waals surface area (Å²) in [4.78, 5) is 0. The molecule has 3 heteroatoms. The summed E-state index contributed by atoms with van der Waals surface area (Å²) >= 11 is 0. The second-order valence-corrected chi connectivity index (χ2v) is 13.3. The van der Waals surface area contributed by atoms with E-state index >= 15 is 0 Å². The first-order valence-electron chi connectivity index (χ1n) is 13.1. The number of hydrogen-bond acceptors (Lipinski definition) is 1. The Hall–Kier alpha value is -1.87. The molecular weight excluding hydrogens is 449 g/mol. The SMILES string of the molecule is C=S(C)CCC(C)(CCC)NC(=CC)c1ccc(Cc2cccc(CC(C)(C)C(C)F)c2)c(C)c1. The van der Waals surface area contributed by atoms with Gasteiger partial charge in [0.1, 0.15) is 6.17 Å². The van der Waals surface area contributed by atoms with Crippen LogP contribution in [-0.4, -0.2) is 29.6 Å². The van der Waals surface area contributed by atoms with E-state index in [0.717, 1.165) is 37.9 Å². The molecule has 0 bridgehead atoms. The largest absolute Gasteiger partial charge is 0.380 e. The number of aryl methyl sites for hydroxylation is 1. The number of rotatable bonds is 13. The van der Waals surface area contributed by atoms with Crippen LogP contribution in [0.1, 0.15) is 88.6 Å². The van der Waals surface area contributed by atoms with E-state index in [4.69, 9.17) is 0 Å². The van der Waals surface area contributed by atoms with Crippen molar-refractivity contribution in [3.05, 3.63) is 76.4 Å². The summed E-state index contributed by atoms with van der Waals surface area (Å²) < 4.78 is 14.0. The predicted molar refractivity (Wildman–Crippen MR) is 159 cm³/mol. The van der Waals surface area contributed by atoms with Crippen molar-refractivity contribution in [1.82, 2.24) is 5.32 Å². The summed E-state index contributed by atoms with van der Waals surface area (Å²) in [5.41, 5.74) is 7.30. The van der Waals surface area contributed by atoms with E-state index in [-0.39, 0.29) is 21.4 Å². The molecular formula is C32H48FNS. The van der Waals surface area contributed by atoms with Gasteiger partial charge in [-0.25, -0.2) is 4.39 Å². The van der Waals surface area contributed by atoms with Crippen LogP contribution in [0.4, 0.5) is 4.39 Å². The average Bonchev–Trinajstić information content (AvgIpc) is 2.78. The van der Waals surface area contributed by atoms with Crippen LogP contribution in [0.3, 0.4) is 0 Å². The van der Waals surface area contributed by atoms with Crippen molar-refractivity contribution in [2.24, 2.45) is 5.41 Å². The first-order valence-corrected chi connectivity index (χ1v) is 15.0. The molecule has 0 fully saturated rings. The lowest BCUT2D eigenvalue weighted by atomic mass is 9.81. The minimum absolute atomic E-state index is 0.0768. The zero-order chi connectivity index (χ0) is 26.2. The van der Waals surface area contributed by atoms with Crippen molar-refractivity contribution in [3.63, 3.8) is 0 Å². The summed E-state index contributed by atoms with van der Waals surface area (Å²) in [6, 6.07) is 15.5. The van der Waals surface area contributed by atoms with Gasteiger partial charge in [-0.15, -0.1) is 0 Å². The van der Waals surface area contributed by atoms with Crippen molar-refractivity contribution >= 4 is 22.1 Å². The topological polar surface area (TPSA) is 12.0 Å². The lowest BCUT2D eigenvalue weighted by Crippen LogP contribution is -2.41. The second-order valence-electron chi connectivity index (χ2n) is 11.3. The lowest BCUT2D eigenvalue weighted by Gasteiger charge is -2.34. The minimum Gasteiger partial charge on any atom is -0.380 e. The van der Waals surface area contributed by atoms with Crippen LogP contribution >= 0.6 is 10.5 Å². The van der Waals surface area contributed by atoms with Crippen molar-refractivity contribution in [1.29, 1.82) is 0 Å². The highest BCUT2D eigenvalue weighted by atomic mass is 32.2. The highest BCUT2D eigenvalue weighted by Crippen LogP contribution is 2.30. The molecule has 3 unspecified atom stereocenters. The molecule has 35 heavy (non-hydrogen) atoms. The Morgan fingerprint density at radius 1 is 1.11 bits per heavy atom. The van der Waals surface area contributed by atoms with E-state index in [1.807, 2.05) is 13.8 Å². The standard InChI is InChI=1S/C32H48FNS/c1-10-17-32(7,18-19-35(8)9)34-30(11-2)29-16-15-28(24(3)20-29)22-26-13-12-14-27(21-26)23-31(5,6)25(4)33/h11-16,20-21,25,34H,8,10,17-19,22-23H2,1-7,9H3. The van der Waals surface area contributed by atoms with Gasteiger partial charge in [0.25, 0.3) is 0 Å². The molecule has 2 rings (SSSR count).